The summed E-state index contributed by atoms with van der Waals surface area (Å²) < 4.78 is 13.6. The first-order valence-corrected chi connectivity index (χ1v) is 5.14. The van der Waals surface area contributed by atoms with E-state index < -0.39 is 0 Å². The van der Waals surface area contributed by atoms with Gasteiger partial charge in [0.25, 0.3) is 0 Å². The van der Waals surface area contributed by atoms with Crippen molar-refractivity contribution in [2.75, 3.05) is 5.73 Å². The summed E-state index contributed by atoms with van der Waals surface area (Å²) >= 11 is 0. The van der Waals surface area contributed by atoms with Crippen LogP contribution in [0.4, 0.5) is 10.1 Å². The van der Waals surface area contributed by atoms with E-state index in [1.165, 1.54) is 6.07 Å². The largest absolute Gasteiger partial charge is 0.399 e. The lowest BCUT2D eigenvalue weighted by atomic mass is 9.97. The minimum Gasteiger partial charge on any atom is -0.399 e. The number of hydrogen-bond donors (Lipinski definition) is 1. The molecular weight excluding hydrogens is 201 g/mol. The molecule has 2 aromatic rings. The van der Waals surface area contributed by atoms with Crippen molar-refractivity contribution in [3.8, 4) is 12.3 Å². The molecule has 0 heterocycles. The molecule has 0 aliphatic carbocycles. The van der Waals surface area contributed by atoms with Gasteiger partial charge in [0.05, 0.1) is 5.56 Å². The van der Waals surface area contributed by atoms with Crippen LogP contribution in [-0.2, 0) is 6.42 Å². The molecule has 0 aromatic heterocycles. The lowest BCUT2D eigenvalue weighted by Gasteiger charge is -2.09. The predicted molar refractivity (Wildman–Crippen MR) is 65.6 cm³/mol. The summed E-state index contributed by atoms with van der Waals surface area (Å²) in [7, 11) is 0. The summed E-state index contributed by atoms with van der Waals surface area (Å²) in [6.45, 7) is 2.00. The van der Waals surface area contributed by atoms with Crippen LogP contribution in [0, 0.1) is 18.2 Å². The number of hydrogen-bond acceptors (Lipinski definition) is 1. The minimum absolute atomic E-state index is 0.328. The van der Waals surface area contributed by atoms with E-state index in [4.69, 9.17) is 12.2 Å². The van der Waals surface area contributed by atoms with Gasteiger partial charge in [-0.15, -0.1) is 6.42 Å². The Bertz CT molecular complexity index is 594. The lowest BCUT2D eigenvalue weighted by Crippen LogP contribution is -1.94. The average molecular weight is 213 g/mol. The van der Waals surface area contributed by atoms with Crippen LogP contribution in [0.3, 0.4) is 0 Å². The van der Waals surface area contributed by atoms with Gasteiger partial charge in [-0.3, -0.25) is 0 Å². The Kier molecular flexibility index (Phi) is 2.54. The molecular formula is C14H12FN. The maximum atomic E-state index is 13.6. The van der Waals surface area contributed by atoms with Crippen molar-refractivity contribution >= 4 is 16.5 Å². The molecule has 80 valence electrons. The first-order chi connectivity index (χ1) is 7.67. The maximum Gasteiger partial charge on any atom is 0.139 e. The molecule has 0 amide bonds. The molecule has 2 rings (SSSR count). The normalized spacial score (nSPS) is 10.3. The highest BCUT2D eigenvalue weighted by molar-refractivity contribution is 5.93. The topological polar surface area (TPSA) is 26.0 Å². The van der Waals surface area contributed by atoms with Crippen LogP contribution in [0.15, 0.2) is 24.3 Å². The SMILES string of the molecule is C#Cc1c(F)ccc2cc(N)cc(CC)c12. The van der Waals surface area contributed by atoms with E-state index in [2.05, 4.69) is 5.92 Å². The van der Waals surface area contributed by atoms with Crippen LogP contribution in [0.25, 0.3) is 10.8 Å². The van der Waals surface area contributed by atoms with E-state index in [0.29, 0.717) is 11.3 Å². The molecule has 0 fully saturated rings. The van der Waals surface area contributed by atoms with Crippen LogP contribution in [0.5, 0.6) is 0 Å². The second-order valence-electron chi connectivity index (χ2n) is 3.70. The van der Waals surface area contributed by atoms with Gasteiger partial charge >= 0.3 is 0 Å². The Balaban J connectivity index is 2.97. The number of rotatable bonds is 1. The molecule has 0 radical (unpaired) electrons. The summed E-state index contributed by atoms with van der Waals surface area (Å²) in [6.07, 6.45) is 6.13. The Morgan fingerprint density at radius 1 is 1.38 bits per heavy atom. The number of halogens is 1. The number of nitrogen functional groups attached to an aromatic ring is 1. The first kappa shape index (κ1) is 10.5. The Morgan fingerprint density at radius 2 is 2.12 bits per heavy atom. The van der Waals surface area contributed by atoms with Crippen molar-refractivity contribution in [3.05, 3.63) is 41.2 Å². The number of aryl methyl sites for hydroxylation is 1. The van der Waals surface area contributed by atoms with Gasteiger partial charge in [0.1, 0.15) is 5.82 Å². The number of benzene rings is 2. The monoisotopic (exact) mass is 213 g/mol. The Morgan fingerprint density at radius 3 is 2.75 bits per heavy atom. The average Bonchev–Trinajstić information content (AvgIpc) is 2.28. The molecule has 0 bridgehead atoms. The minimum atomic E-state index is -0.352. The van der Waals surface area contributed by atoms with E-state index in [-0.39, 0.29) is 5.82 Å². The van der Waals surface area contributed by atoms with Gasteiger partial charge in [0, 0.05) is 11.1 Å². The van der Waals surface area contributed by atoms with Crippen LogP contribution in [0.1, 0.15) is 18.1 Å². The third-order valence-electron chi connectivity index (χ3n) is 2.70. The van der Waals surface area contributed by atoms with Crippen molar-refractivity contribution in [2.24, 2.45) is 0 Å². The third-order valence-corrected chi connectivity index (χ3v) is 2.70. The van der Waals surface area contributed by atoms with Crippen molar-refractivity contribution in [2.45, 2.75) is 13.3 Å². The molecule has 1 nitrogen and oxygen atoms in total. The molecule has 2 heteroatoms. The fourth-order valence-corrected chi connectivity index (χ4v) is 1.97. The smallest absolute Gasteiger partial charge is 0.139 e. The van der Waals surface area contributed by atoms with Crippen LogP contribution in [-0.4, -0.2) is 0 Å². The van der Waals surface area contributed by atoms with Crippen molar-refractivity contribution in [1.82, 2.24) is 0 Å². The molecule has 0 atom stereocenters. The molecule has 2 aromatic carbocycles. The van der Waals surface area contributed by atoms with Gasteiger partial charge < -0.3 is 5.73 Å². The standard InChI is InChI=1S/C14H12FN/c1-3-9-7-11(16)8-10-5-6-13(15)12(4-2)14(9)10/h2,5-8H,3,16H2,1H3. The quantitative estimate of drug-likeness (QED) is 0.571. The lowest BCUT2D eigenvalue weighted by molar-refractivity contribution is 0.626. The van der Waals surface area contributed by atoms with Crippen LogP contribution < -0.4 is 5.73 Å². The second kappa shape index (κ2) is 3.86. The van der Waals surface area contributed by atoms with Gasteiger partial charge in [-0.1, -0.05) is 18.9 Å². The van der Waals surface area contributed by atoms with Crippen molar-refractivity contribution < 1.29 is 4.39 Å². The first-order valence-electron chi connectivity index (χ1n) is 5.14. The molecule has 0 aliphatic heterocycles. The zero-order chi connectivity index (χ0) is 11.7. The molecule has 0 saturated carbocycles. The van der Waals surface area contributed by atoms with Gasteiger partial charge in [-0.25, -0.2) is 4.39 Å². The second-order valence-corrected chi connectivity index (χ2v) is 3.70. The summed E-state index contributed by atoms with van der Waals surface area (Å²) in [5.41, 5.74) is 7.78. The fraction of sp³-hybridized carbons (Fsp3) is 0.143. The highest BCUT2D eigenvalue weighted by Gasteiger charge is 2.09. The molecule has 0 aliphatic rings. The van der Waals surface area contributed by atoms with E-state index in [1.807, 2.05) is 19.1 Å². The number of fused-ring (bicyclic) bond motifs is 1. The highest BCUT2D eigenvalue weighted by Crippen LogP contribution is 2.27. The highest BCUT2D eigenvalue weighted by atomic mass is 19.1. The number of anilines is 1. The van der Waals surface area contributed by atoms with Gasteiger partial charge in [0.2, 0.25) is 0 Å². The van der Waals surface area contributed by atoms with Gasteiger partial charge in [0.15, 0.2) is 0 Å². The molecule has 0 saturated heterocycles. The number of terminal acetylenes is 1. The van der Waals surface area contributed by atoms with E-state index in [1.54, 1.807) is 6.07 Å². The summed E-state index contributed by atoms with van der Waals surface area (Å²) in [4.78, 5) is 0. The third kappa shape index (κ3) is 1.51. The zero-order valence-corrected chi connectivity index (χ0v) is 9.05. The number of nitrogens with two attached hydrogens (primary N) is 1. The molecule has 2 N–H and O–H groups in total. The fourth-order valence-electron chi connectivity index (χ4n) is 1.97. The van der Waals surface area contributed by atoms with Gasteiger partial charge in [-0.05, 0) is 35.6 Å². The Labute approximate surface area is 94.1 Å². The van der Waals surface area contributed by atoms with E-state index in [0.717, 1.165) is 22.8 Å². The molecule has 16 heavy (non-hydrogen) atoms. The summed E-state index contributed by atoms with van der Waals surface area (Å²) in [5.74, 6) is 2.06. The van der Waals surface area contributed by atoms with Crippen molar-refractivity contribution in [1.29, 1.82) is 0 Å². The molecule has 0 spiro atoms. The predicted octanol–water partition coefficient (Wildman–Crippen LogP) is 3.10. The van der Waals surface area contributed by atoms with Gasteiger partial charge in [-0.2, -0.15) is 0 Å². The Hall–Kier alpha value is -2.01. The van der Waals surface area contributed by atoms with Crippen LogP contribution >= 0.6 is 0 Å². The van der Waals surface area contributed by atoms with Crippen molar-refractivity contribution in [3.63, 3.8) is 0 Å². The van der Waals surface area contributed by atoms with E-state index in [9.17, 15) is 4.39 Å². The summed E-state index contributed by atoms with van der Waals surface area (Å²) in [5, 5.41) is 1.70. The van der Waals surface area contributed by atoms with E-state index >= 15 is 0 Å². The van der Waals surface area contributed by atoms with Crippen LogP contribution in [0.2, 0.25) is 0 Å². The maximum absolute atomic E-state index is 13.6. The molecule has 0 unspecified atom stereocenters. The summed E-state index contributed by atoms with van der Waals surface area (Å²) in [6, 6.07) is 6.76. The zero-order valence-electron chi connectivity index (χ0n) is 9.05.